The summed E-state index contributed by atoms with van der Waals surface area (Å²) in [5, 5.41) is 15.7. The van der Waals surface area contributed by atoms with Crippen LogP contribution < -0.4 is 5.32 Å². The third-order valence-electron chi connectivity index (χ3n) is 3.58. The summed E-state index contributed by atoms with van der Waals surface area (Å²) in [5.41, 5.74) is 2.25. The molecule has 132 valence electrons. The number of aromatic nitrogens is 2. The number of ether oxygens (including phenoxy) is 1. The third-order valence-corrected chi connectivity index (χ3v) is 3.58. The summed E-state index contributed by atoms with van der Waals surface area (Å²) in [4.78, 5) is 23.0. The summed E-state index contributed by atoms with van der Waals surface area (Å²) in [7, 11) is 0. The van der Waals surface area contributed by atoms with Crippen molar-refractivity contribution in [1.82, 2.24) is 9.78 Å². The highest BCUT2D eigenvalue weighted by atomic mass is 16.5. The molecule has 0 unspecified atom stereocenters. The average Bonchev–Trinajstić information content (AvgIpc) is 3.03. The van der Waals surface area contributed by atoms with Gasteiger partial charge in [0.15, 0.2) is 5.82 Å². The Morgan fingerprint density at radius 3 is 2.35 bits per heavy atom. The first-order chi connectivity index (χ1) is 12.6. The Hall–Kier alpha value is -3.61. The molecule has 1 heterocycles. The topological polar surface area (TPSA) is 93.5 Å². The molecule has 1 aromatic heterocycles. The number of nitrogens with one attached hydrogen (secondary N) is 1. The Morgan fingerprint density at radius 2 is 1.69 bits per heavy atom. The predicted octanol–water partition coefficient (Wildman–Crippen LogP) is 3.38. The number of amides is 1. The number of carboxylic acids is 1. The molecule has 3 aromatic rings. The SMILES string of the molecule is O=C(O)Cn1nc(NC(=O)OCc2ccccc2)cc1-c1ccccc1. The number of hydrogen-bond acceptors (Lipinski definition) is 4. The molecule has 1 amide bonds. The summed E-state index contributed by atoms with van der Waals surface area (Å²) in [6.45, 7) is -0.182. The van der Waals surface area contributed by atoms with E-state index in [4.69, 9.17) is 9.84 Å². The van der Waals surface area contributed by atoms with E-state index in [9.17, 15) is 9.59 Å². The third kappa shape index (κ3) is 4.47. The smallest absolute Gasteiger partial charge is 0.413 e. The molecule has 0 saturated carbocycles. The van der Waals surface area contributed by atoms with Gasteiger partial charge in [-0.1, -0.05) is 60.7 Å². The van der Waals surface area contributed by atoms with Crippen LogP contribution in [0.3, 0.4) is 0 Å². The van der Waals surface area contributed by atoms with Crippen LogP contribution in [0.4, 0.5) is 10.6 Å². The van der Waals surface area contributed by atoms with Crippen LogP contribution in [0.5, 0.6) is 0 Å². The maximum Gasteiger partial charge on any atom is 0.413 e. The second-order valence-electron chi connectivity index (χ2n) is 5.52. The van der Waals surface area contributed by atoms with Crippen LogP contribution in [-0.2, 0) is 22.7 Å². The Labute approximate surface area is 149 Å². The van der Waals surface area contributed by atoms with Gasteiger partial charge in [-0.2, -0.15) is 5.10 Å². The lowest BCUT2D eigenvalue weighted by Gasteiger charge is -2.05. The second kappa shape index (κ2) is 7.98. The number of carbonyl (C=O) groups excluding carboxylic acids is 1. The van der Waals surface area contributed by atoms with E-state index in [0.717, 1.165) is 11.1 Å². The monoisotopic (exact) mass is 351 g/mol. The minimum Gasteiger partial charge on any atom is -0.480 e. The maximum absolute atomic E-state index is 12.0. The van der Waals surface area contributed by atoms with Crippen molar-refractivity contribution in [1.29, 1.82) is 0 Å². The molecule has 2 aromatic carbocycles. The summed E-state index contributed by atoms with van der Waals surface area (Å²) >= 11 is 0. The van der Waals surface area contributed by atoms with Gasteiger partial charge >= 0.3 is 12.1 Å². The Bertz CT molecular complexity index is 892. The van der Waals surface area contributed by atoms with Crippen molar-refractivity contribution in [2.45, 2.75) is 13.2 Å². The van der Waals surface area contributed by atoms with Gasteiger partial charge in [0.25, 0.3) is 0 Å². The van der Waals surface area contributed by atoms with E-state index in [1.54, 1.807) is 6.07 Å². The van der Waals surface area contributed by atoms with Gasteiger partial charge in [-0.15, -0.1) is 0 Å². The van der Waals surface area contributed by atoms with Crippen molar-refractivity contribution in [2.24, 2.45) is 0 Å². The van der Waals surface area contributed by atoms with Crippen LogP contribution in [0.1, 0.15) is 5.56 Å². The fourth-order valence-corrected chi connectivity index (χ4v) is 2.43. The van der Waals surface area contributed by atoms with Gasteiger partial charge in [-0.05, 0) is 11.1 Å². The number of hydrogen-bond donors (Lipinski definition) is 2. The zero-order valence-electron chi connectivity index (χ0n) is 13.8. The minimum absolute atomic E-state index is 0.133. The van der Waals surface area contributed by atoms with Crippen molar-refractivity contribution < 1.29 is 19.4 Å². The standard InChI is InChI=1S/C19H17N3O4/c23-18(24)12-22-16(15-9-5-2-6-10-15)11-17(21-22)20-19(25)26-13-14-7-3-1-4-8-14/h1-11H,12-13H2,(H,23,24)(H,20,21,25). The number of rotatable bonds is 6. The van der Waals surface area contributed by atoms with Crippen molar-refractivity contribution in [3.05, 3.63) is 72.3 Å². The molecule has 0 atom stereocenters. The van der Waals surface area contributed by atoms with Gasteiger partial charge in [-0.25, -0.2) is 4.79 Å². The zero-order valence-corrected chi connectivity index (χ0v) is 13.8. The molecule has 3 rings (SSSR count). The summed E-state index contributed by atoms with van der Waals surface area (Å²) < 4.78 is 6.48. The first kappa shape index (κ1) is 17.2. The van der Waals surface area contributed by atoms with Gasteiger partial charge in [0, 0.05) is 6.07 Å². The molecule has 0 saturated heterocycles. The van der Waals surface area contributed by atoms with E-state index in [1.165, 1.54) is 4.68 Å². The Balaban J connectivity index is 1.72. The molecule has 0 fully saturated rings. The van der Waals surface area contributed by atoms with Gasteiger partial charge in [-0.3, -0.25) is 14.8 Å². The number of nitrogens with zero attached hydrogens (tertiary/aromatic N) is 2. The highest BCUT2D eigenvalue weighted by Gasteiger charge is 2.14. The molecule has 26 heavy (non-hydrogen) atoms. The van der Waals surface area contributed by atoms with Crippen molar-refractivity contribution in [3.8, 4) is 11.3 Å². The molecular weight excluding hydrogens is 334 g/mol. The number of benzene rings is 2. The number of anilines is 1. The lowest BCUT2D eigenvalue weighted by molar-refractivity contribution is -0.137. The van der Waals surface area contributed by atoms with Crippen LogP contribution in [0, 0.1) is 0 Å². The van der Waals surface area contributed by atoms with E-state index in [0.29, 0.717) is 5.69 Å². The predicted molar refractivity (Wildman–Crippen MR) is 95.5 cm³/mol. The number of carbonyl (C=O) groups is 2. The zero-order chi connectivity index (χ0) is 18.4. The largest absolute Gasteiger partial charge is 0.480 e. The van der Waals surface area contributed by atoms with E-state index in [-0.39, 0.29) is 19.0 Å². The van der Waals surface area contributed by atoms with Gasteiger partial charge in [0.2, 0.25) is 0 Å². The summed E-state index contributed by atoms with van der Waals surface area (Å²) in [6, 6.07) is 20.1. The maximum atomic E-state index is 12.0. The average molecular weight is 351 g/mol. The summed E-state index contributed by atoms with van der Waals surface area (Å²) in [6.07, 6.45) is -0.659. The summed E-state index contributed by atoms with van der Waals surface area (Å²) in [5.74, 6) is -0.799. The lowest BCUT2D eigenvalue weighted by Crippen LogP contribution is -2.15. The van der Waals surface area contributed by atoms with Crippen LogP contribution in [0.25, 0.3) is 11.3 Å². The van der Waals surface area contributed by atoms with E-state index >= 15 is 0 Å². The van der Waals surface area contributed by atoms with Crippen LogP contribution in [-0.4, -0.2) is 26.9 Å². The molecule has 0 aliphatic rings. The van der Waals surface area contributed by atoms with Gasteiger partial charge < -0.3 is 9.84 Å². The lowest BCUT2D eigenvalue weighted by atomic mass is 10.1. The number of carboxylic acid groups (broad SMARTS) is 1. The first-order valence-corrected chi connectivity index (χ1v) is 7.94. The molecule has 7 heteroatoms. The van der Waals surface area contributed by atoms with Crippen LogP contribution in [0.15, 0.2) is 66.7 Å². The van der Waals surface area contributed by atoms with Crippen LogP contribution in [0.2, 0.25) is 0 Å². The van der Waals surface area contributed by atoms with Crippen LogP contribution >= 0.6 is 0 Å². The van der Waals surface area contributed by atoms with E-state index < -0.39 is 12.1 Å². The van der Waals surface area contributed by atoms with E-state index in [2.05, 4.69) is 10.4 Å². The normalized spacial score (nSPS) is 10.3. The van der Waals surface area contributed by atoms with Crippen molar-refractivity contribution in [2.75, 3.05) is 5.32 Å². The first-order valence-electron chi connectivity index (χ1n) is 7.94. The second-order valence-corrected chi connectivity index (χ2v) is 5.52. The van der Waals surface area contributed by atoms with Gasteiger partial charge in [0.05, 0.1) is 5.69 Å². The number of aliphatic carboxylic acids is 1. The van der Waals surface area contributed by atoms with Crippen molar-refractivity contribution >= 4 is 17.9 Å². The molecule has 0 aliphatic carbocycles. The molecule has 7 nitrogen and oxygen atoms in total. The fourth-order valence-electron chi connectivity index (χ4n) is 2.43. The molecule has 0 bridgehead atoms. The van der Waals surface area contributed by atoms with Crippen molar-refractivity contribution in [3.63, 3.8) is 0 Å². The molecular formula is C19H17N3O4. The fraction of sp³-hybridized carbons (Fsp3) is 0.105. The molecule has 0 aliphatic heterocycles. The molecule has 2 N–H and O–H groups in total. The van der Waals surface area contributed by atoms with Gasteiger partial charge in [0.1, 0.15) is 13.2 Å². The quantitative estimate of drug-likeness (QED) is 0.710. The Kier molecular flexibility index (Phi) is 5.28. The molecule has 0 radical (unpaired) electrons. The highest BCUT2D eigenvalue weighted by molar-refractivity contribution is 5.84. The van der Waals surface area contributed by atoms with E-state index in [1.807, 2.05) is 60.7 Å². The highest BCUT2D eigenvalue weighted by Crippen LogP contribution is 2.22. The molecule has 0 spiro atoms. The minimum atomic E-state index is -1.02. The Morgan fingerprint density at radius 1 is 1.04 bits per heavy atom.